The minimum atomic E-state index is 0.260. The average molecular weight is 387 g/mol. The van der Waals surface area contributed by atoms with E-state index in [0.29, 0.717) is 5.82 Å². The molecular weight excluding hydrogens is 366 g/mol. The van der Waals surface area contributed by atoms with E-state index in [4.69, 9.17) is 9.47 Å². The van der Waals surface area contributed by atoms with Crippen LogP contribution in [-0.2, 0) is 6.42 Å². The molecule has 146 valence electrons. The molecule has 1 aliphatic heterocycles. The predicted octanol–water partition coefficient (Wildman–Crippen LogP) is 4.39. The molecule has 2 aromatic carbocycles. The number of rotatable bonds is 6. The van der Waals surface area contributed by atoms with Crippen molar-refractivity contribution in [2.24, 2.45) is 0 Å². The van der Waals surface area contributed by atoms with Gasteiger partial charge in [0.15, 0.2) is 11.5 Å². The molecule has 1 aliphatic rings. The molecule has 5 rings (SSSR count). The second kappa shape index (κ2) is 7.35. The van der Waals surface area contributed by atoms with Gasteiger partial charge in [0, 0.05) is 41.5 Å². The van der Waals surface area contributed by atoms with Gasteiger partial charge in [-0.1, -0.05) is 18.2 Å². The molecule has 0 spiro atoms. The monoisotopic (exact) mass is 387 g/mol. The van der Waals surface area contributed by atoms with Crippen LogP contribution in [0.2, 0.25) is 0 Å². The third-order valence-corrected chi connectivity index (χ3v) is 4.86. The molecule has 0 atom stereocenters. The van der Waals surface area contributed by atoms with E-state index in [2.05, 4.69) is 50.0 Å². The lowest BCUT2D eigenvalue weighted by Crippen LogP contribution is -2.08. The van der Waals surface area contributed by atoms with Gasteiger partial charge >= 0.3 is 0 Å². The summed E-state index contributed by atoms with van der Waals surface area (Å²) >= 11 is 0. The lowest BCUT2D eigenvalue weighted by atomic mass is 10.1. The van der Waals surface area contributed by atoms with Crippen LogP contribution in [0, 0.1) is 6.92 Å². The first kappa shape index (κ1) is 17.4. The summed E-state index contributed by atoms with van der Waals surface area (Å²) in [6.45, 7) is 2.92. The van der Waals surface area contributed by atoms with Crippen LogP contribution < -0.4 is 20.1 Å². The fraction of sp³-hybridized carbons (Fsp3) is 0.182. The van der Waals surface area contributed by atoms with Crippen LogP contribution in [-0.4, -0.2) is 28.3 Å². The summed E-state index contributed by atoms with van der Waals surface area (Å²) < 4.78 is 10.8. The van der Waals surface area contributed by atoms with Gasteiger partial charge in [-0.25, -0.2) is 9.97 Å². The Balaban J connectivity index is 1.27. The molecule has 0 amide bonds. The van der Waals surface area contributed by atoms with E-state index in [-0.39, 0.29) is 6.79 Å². The standard InChI is InChI=1S/C22H21N5O2/c1-14-25-21(23-9-8-15-12-24-18-5-3-2-4-17(15)18)11-22(26-14)27-16-6-7-19-20(10-16)29-13-28-19/h2-7,10-12,24H,8-9,13H2,1H3,(H2,23,25,26,27). The minimum Gasteiger partial charge on any atom is -0.454 e. The SMILES string of the molecule is Cc1nc(NCCc2c[nH]c3ccccc23)cc(Nc2ccc3c(c2)OCO3)n1. The van der Waals surface area contributed by atoms with Crippen molar-refractivity contribution in [3.8, 4) is 11.5 Å². The zero-order valence-corrected chi connectivity index (χ0v) is 16.0. The van der Waals surface area contributed by atoms with Gasteiger partial charge in [-0.2, -0.15) is 0 Å². The van der Waals surface area contributed by atoms with E-state index in [0.717, 1.165) is 47.3 Å². The molecule has 3 heterocycles. The summed E-state index contributed by atoms with van der Waals surface area (Å²) in [4.78, 5) is 12.3. The Labute approximate surface area is 168 Å². The number of para-hydroxylation sites is 1. The van der Waals surface area contributed by atoms with Crippen LogP contribution in [0.15, 0.2) is 54.7 Å². The van der Waals surface area contributed by atoms with Gasteiger partial charge in [0.05, 0.1) is 0 Å². The molecule has 3 N–H and O–H groups in total. The molecule has 0 unspecified atom stereocenters. The van der Waals surface area contributed by atoms with Crippen LogP contribution in [0.5, 0.6) is 11.5 Å². The first-order chi connectivity index (χ1) is 14.2. The fourth-order valence-corrected chi connectivity index (χ4v) is 3.51. The number of aromatic amines is 1. The Bertz CT molecular complexity index is 1170. The zero-order valence-electron chi connectivity index (χ0n) is 16.0. The van der Waals surface area contributed by atoms with Gasteiger partial charge < -0.3 is 25.1 Å². The van der Waals surface area contributed by atoms with Crippen LogP contribution in [0.25, 0.3) is 10.9 Å². The molecule has 0 saturated carbocycles. The lowest BCUT2D eigenvalue weighted by molar-refractivity contribution is 0.174. The van der Waals surface area contributed by atoms with Crippen molar-refractivity contribution in [2.45, 2.75) is 13.3 Å². The van der Waals surface area contributed by atoms with Gasteiger partial charge in [0.25, 0.3) is 0 Å². The summed E-state index contributed by atoms with van der Waals surface area (Å²) in [6, 6.07) is 16.0. The van der Waals surface area contributed by atoms with Crippen LogP contribution in [0.1, 0.15) is 11.4 Å². The zero-order chi connectivity index (χ0) is 19.6. The molecular formula is C22H21N5O2. The molecule has 2 aromatic heterocycles. The summed E-state index contributed by atoms with van der Waals surface area (Å²) in [5, 5.41) is 7.98. The first-order valence-corrected chi connectivity index (χ1v) is 9.56. The van der Waals surface area contributed by atoms with Crippen LogP contribution >= 0.6 is 0 Å². The molecule has 29 heavy (non-hydrogen) atoms. The molecule has 0 bridgehead atoms. The highest BCUT2D eigenvalue weighted by Crippen LogP contribution is 2.35. The largest absolute Gasteiger partial charge is 0.454 e. The molecule has 0 aliphatic carbocycles. The normalized spacial score (nSPS) is 12.3. The third-order valence-electron chi connectivity index (χ3n) is 4.86. The maximum absolute atomic E-state index is 5.43. The van der Waals surface area contributed by atoms with Gasteiger partial charge in [-0.15, -0.1) is 0 Å². The van der Waals surface area contributed by atoms with Crippen molar-refractivity contribution in [2.75, 3.05) is 24.0 Å². The number of benzene rings is 2. The number of hydrogen-bond acceptors (Lipinski definition) is 6. The lowest BCUT2D eigenvalue weighted by Gasteiger charge is -2.10. The highest BCUT2D eigenvalue weighted by atomic mass is 16.7. The molecule has 0 radical (unpaired) electrons. The van der Waals surface area contributed by atoms with E-state index in [1.54, 1.807) is 0 Å². The second-order valence-corrected chi connectivity index (χ2v) is 6.91. The van der Waals surface area contributed by atoms with Gasteiger partial charge in [0.1, 0.15) is 17.5 Å². The number of aryl methyl sites for hydroxylation is 1. The van der Waals surface area contributed by atoms with Crippen molar-refractivity contribution < 1.29 is 9.47 Å². The van der Waals surface area contributed by atoms with Crippen molar-refractivity contribution >= 4 is 28.2 Å². The van der Waals surface area contributed by atoms with Crippen molar-refractivity contribution in [1.82, 2.24) is 15.0 Å². The summed E-state index contributed by atoms with van der Waals surface area (Å²) in [5.41, 5.74) is 3.34. The predicted molar refractivity (Wildman–Crippen MR) is 113 cm³/mol. The van der Waals surface area contributed by atoms with E-state index >= 15 is 0 Å². The summed E-state index contributed by atoms with van der Waals surface area (Å²) in [7, 11) is 0. The molecule has 0 saturated heterocycles. The Hall–Kier alpha value is -3.74. The quantitative estimate of drug-likeness (QED) is 0.455. The Morgan fingerprint density at radius 2 is 1.86 bits per heavy atom. The van der Waals surface area contributed by atoms with E-state index in [1.807, 2.05) is 37.3 Å². The number of H-pyrrole nitrogens is 1. The number of fused-ring (bicyclic) bond motifs is 2. The van der Waals surface area contributed by atoms with E-state index < -0.39 is 0 Å². The van der Waals surface area contributed by atoms with E-state index in [1.165, 1.54) is 10.9 Å². The van der Waals surface area contributed by atoms with Gasteiger partial charge in [-0.3, -0.25) is 0 Å². The number of hydrogen-bond donors (Lipinski definition) is 3. The molecule has 4 aromatic rings. The second-order valence-electron chi connectivity index (χ2n) is 6.91. The van der Waals surface area contributed by atoms with Crippen LogP contribution in [0.3, 0.4) is 0 Å². The Morgan fingerprint density at radius 3 is 2.83 bits per heavy atom. The maximum atomic E-state index is 5.43. The van der Waals surface area contributed by atoms with Crippen molar-refractivity contribution in [3.05, 3.63) is 66.1 Å². The Kier molecular flexibility index (Phi) is 4.40. The fourth-order valence-electron chi connectivity index (χ4n) is 3.51. The minimum absolute atomic E-state index is 0.260. The topological polar surface area (TPSA) is 84.1 Å². The molecule has 7 heteroatoms. The highest BCUT2D eigenvalue weighted by Gasteiger charge is 2.13. The number of nitrogens with one attached hydrogen (secondary N) is 3. The number of anilines is 3. The maximum Gasteiger partial charge on any atom is 0.231 e. The number of ether oxygens (including phenoxy) is 2. The molecule has 7 nitrogen and oxygen atoms in total. The smallest absolute Gasteiger partial charge is 0.231 e. The third kappa shape index (κ3) is 3.67. The number of nitrogens with zero attached hydrogens (tertiary/aromatic N) is 2. The first-order valence-electron chi connectivity index (χ1n) is 9.56. The summed E-state index contributed by atoms with van der Waals surface area (Å²) in [6.07, 6.45) is 2.97. The highest BCUT2D eigenvalue weighted by molar-refractivity contribution is 5.83. The van der Waals surface area contributed by atoms with Gasteiger partial charge in [-0.05, 0) is 37.1 Å². The van der Waals surface area contributed by atoms with Crippen molar-refractivity contribution in [3.63, 3.8) is 0 Å². The Morgan fingerprint density at radius 1 is 1.00 bits per heavy atom. The number of aromatic nitrogens is 3. The van der Waals surface area contributed by atoms with E-state index in [9.17, 15) is 0 Å². The average Bonchev–Trinajstić information content (AvgIpc) is 3.34. The molecule has 0 fully saturated rings. The van der Waals surface area contributed by atoms with Gasteiger partial charge in [0.2, 0.25) is 6.79 Å². The van der Waals surface area contributed by atoms with Crippen molar-refractivity contribution in [1.29, 1.82) is 0 Å². The summed E-state index contributed by atoms with van der Waals surface area (Å²) in [5.74, 6) is 3.71. The van der Waals surface area contributed by atoms with Crippen LogP contribution in [0.4, 0.5) is 17.3 Å².